The minimum absolute atomic E-state index is 0.0739. The summed E-state index contributed by atoms with van der Waals surface area (Å²) >= 11 is 0. The summed E-state index contributed by atoms with van der Waals surface area (Å²) in [5.74, 6) is 0. The van der Waals surface area contributed by atoms with Crippen molar-refractivity contribution in [2.45, 2.75) is 19.8 Å². The highest BCUT2D eigenvalue weighted by molar-refractivity contribution is 4.98. The molecule has 0 aromatic carbocycles. The van der Waals surface area contributed by atoms with Crippen molar-refractivity contribution in [1.29, 1.82) is 5.26 Å². The maximum Gasteiger partial charge on any atom is 0.0687 e. The molecule has 0 atom stereocenters. The quantitative estimate of drug-likeness (QED) is 0.732. The molecule has 2 heterocycles. The molecule has 0 amide bonds. The molecule has 2 saturated heterocycles. The lowest BCUT2D eigenvalue weighted by Gasteiger charge is -2.36. The monoisotopic (exact) mass is 237 g/mol. The van der Waals surface area contributed by atoms with Gasteiger partial charge >= 0.3 is 0 Å². The van der Waals surface area contributed by atoms with Gasteiger partial charge in [0.2, 0.25) is 0 Å². The molecule has 0 N–H and O–H groups in total. The van der Waals surface area contributed by atoms with E-state index in [1.807, 2.05) is 0 Å². The van der Waals surface area contributed by atoms with Crippen LogP contribution in [0.25, 0.3) is 0 Å². The molecule has 2 aliphatic heterocycles. The van der Waals surface area contributed by atoms with E-state index in [0.717, 1.165) is 65.3 Å². The molecule has 0 aromatic rings. The van der Waals surface area contributed by atoms with E-state index in [2.05, 4.69) is 22.8 Å². The van der Waals surface area contributed by atoms with Gasteiger partial charge in [-0.25, -0.2) is 0 Å². The van der Waals surface area contributed by atoms with Crippen molar-refractivity contribution in [3.8, 4) is 6.07 Å². The van der Waals surface area contributed by atoms with Crippen LogP contribution in [-0.4, -0.2) is 62.3 Å². The Balaban J connectivity index is 1.66. The first-order valence-electron chi connectivity index (χ1n) is 6.66. The number of morpholine rings is 1. The predicted molar refractivity (Wildman–Crippen MR) is 66.7 cm³/mol. The Morgan fingerprint density at radius 3 is 2.12 bits per heavy atom. The number of hydrogen-bond donors (Lipinski definition) is 0. The topological polar surface area (TPSA) is 39.5 Å². The smallest absolute Gasteiger partial charge is 0.0687 e. The van der Waals surface area contributed by atoms with Crippen LogP contribution >= 0.6 is 0 Å². The van der Waals surface area contributed by atoms with Crippen LogP contribution in [0.2, 0.25) is 0 Å². The van der Waals surface area contributed by atoms with Gasteiger partial charge in [0, 0.05) is 26.2 Å². The zero-order valence-corrected chi connectivity index (χ0v) is 10.8. The molecule has 2 rings (SSSR count). The number of nitriles is 1. The van der Waals surface area contributed by atoms with Crippen LogP contribution in [0.5, 0.6) is 0 Å². The lowest BCUT2D eigenvalue weighted by Crippen LogP contribution is -2.44. The molecule has 0 aromatic heterocycles. The summed E-state index contributed by atoms with van der Waals surface area (Å²) in [6, 6.07) is 2.45. The minimum Gasteiger partial charge on any atom is -0.379 e. The first-order valence-corrected chi connectivity index (χ1v) is 6.66. The molecule has 0 unspecified atom stereocenters. The summed E-state index contributed by atoms with van der Waals surface area (Å²) in [7, 11) is 0. The third-order valence-electron chi connectivity index (χ3n) is 4.07. The summed E-state index contributed by atoms with van der Waals surface area (Å²) in [4.78, 5) is 4.97. The Labute approximate surface area is 104 Å². The zero-order valence-electron chi connectivity index (χ0n) is 10.8. The van der Waals surface area contributed by atoms with Gasteiger partial charge in [-0.3, -0.25) is 4.90 Å². The minimum atomic E-state index is -0.0739. The van der Waals surface area contributed by atoms with E-state index in [4.69, 9.17) is 10.00 Å². The van der Waals surface area contributed by atoms with Gasteiger partial charge in [0.25, 0.3) is 0 Å². The van der Waals surface area contributed by atoms with E-state index in [9.17, 15) is 0 Å². The molecule has 0 spiro atoms. The molecule has 2 aliphatic rings. The highest BCUT2D eigenvalue weighted by Crippen LogP contribution is 2.29. The molecule has 0 aliphatic carbocycles. The van der Waals surface area contributed by atoms with Crippen molar-refractivity contribution in [2.24, 2.45) is 5.41 Å². The van der Waals surface area contributed by atoms with E-state index in [0.29, 0.717) is 0 Å². The van der Waals surface area contributed by atoms with Crippen molar-refractivity contribution in [1.82, 2.24) is 9.80 Å². The fraction of sp³-hybridized carbons (Fsp3) is 0.923. The van der Waals surface area contributed by atoms with Crippen molar-refractivity contribution >= 4 is 0 Å². The van der Waals surface area contributed by atoms with Crippen molar-refractivity contribution in [3.63, 3.8) is 0 Å². The average Bonchev–Trinajstić information content (AvgIpc) is 2.39. The van der Waals surface area contributed by atoms with Gasteiger partial charge in [0.15, 0.2) is 0 Å². The standard InChI is InChI=1S/C13H23N3O/c1-13(12-14)2-4-15(5-3-13)6-7-16-8-10-17-11-9-16/h2-11H2,1H3. The second-order valence-corrected chi connectivity index (χ2v) is 5.47. The largest absolute Gasteiger partial charge is 0.379 e. The van der Waals surface area contributed by atoms with E-state index < -0.39 is 0 Å². The van der Waals surface area contributed by atoms with Gasteiger partial charge < -0.3 is 9.64 Å². The fourth-order valence-electron chi connectivity index (χ4n) is 2.49. The second kappa shape index (κ2) is 5.81. The van der Waals surface area contributed by atoms with Gasteiger partial charge in [-0.05, 0) is 32.9 Å². The van der Waals surface area contributed by atoms with E-state index in [-0.39, 0.29) is 5.41 Å². The number of piperidine rings is 1. The lowest BCUT2D eigenvalue weighted by atomic mass is 9.82. The molecule has 0 saturated carbocycles. The summed E-state index contributed by atoms with van der Waals surface area (Å²) in [6.07, 6.45) is 2.04. The van der Waals surface area contributed by atoms with Gasteiger partial charge in [0.1, 0.15) is 0 Å². The third-order valence-corrected chi connectivity index (χ3v) is 4.07. The molecule has 0 radical (unpaired) electrons. The first kappa shape index (κ1) is 12.8. The Hall–Kier alpha value is -0.630. The van der Waals surface area contributed by atoms with Crippen molar-refractivity contribution in [3.05, 3.63) is 0 Å². The number of hydrogen-bond acceptors (Lipinski definition) is 4. The average molecular weight is 237 g/mol. The Morgan fingerprint density at radius 2 is 1.59 bits per heavy atom. The van der Waals surface area contributed by atoms with Crippen molar-refractivity contribution < 1.29 is 4.74 Å². The van der Waals surface area contributed by atoms with E-state index in [1.54, 1.807) is 0 Å². The van der Waals surface area contributed by atoms with Crippen LogP contribution in [0.3, 0.4) is 0 Å². The maximum atomic E-state index is 9.08. The number of rotatable bonds is 3. The molecule has 0 bridgehead atoms. The molecular weight excluding hydrogens is 214 g/mol. The molecule has 2 fully saturated rings. The van der Waals surface area contributed by atoms with Crippen LogP contribution in [0, 0.1) is 16.7 Å². The molecular formula is C13H23N3O. The molecule has 4 nitrogen and oxygen atoms in total. The summed E-state index contributed by atoms with van der Waals surface area (Å²) in [6.45, 7) is 10.4. The Kier molecular flexibility index (Phi) is 4.38. The van der Waals surface area contributed by atoms with Crippen LogP contribution in [0.15, 0.2) is 0 Å². The van der Waals surface area contributed by atoms with Gasteiger partial charge in [-0.15, -0.1) is 0 Å². The van der Waals surface area contributed by atoms with Gasteiger partial charge in [0.05, 0.1) is 24.7 Å². The summed E-state index contributed by atoms with van der Waals surface area (Å²) < 4.78 is 5.34. The Bertz CT molecular complexity index is 273. The number of ether oxygens (including phenoxy) is 1. The highest BCUT2D eigenvalue weighted by atomic mass is 16.5. The lowest BCUT2D eigenvalue weighted by molar-refractivity contribution is 0.0305. The normalized spacial score (nSPS) is 26.6. The fourth-order valence-corrected chi connectivity index (χ4v) is 2.49. The van der Waals surface area contributed by atoms with Crippen LogP contribution in [0.1, 0.15) is 19.8 Å². The molecule has 17 heavy (non-hydrogen) atoms. The second-order valence-electron chi connectivity index (χ2n) is 5.47. The van der Waals surface area contributed by atoms with Crippen molar-refractivity contribution in [2.75, 3.05) is 52.5 Å². The Morgan fingerprint density at radius 1 is 1.06 bits per heavy atom. The number of nitrogens with zero attached hydrogens (tertiary/aromatic N) is 3. The molecule has 96 valence electrons. The summed E-state index contributed by atoms with van der Waals surface area (Å²) in [5, 5.41) is 9.08. The molecule has 4 heteroatoms. The zero-order chi connectivity index (χ0) is 12.1. The SMILES string of the molecule is CC1(C#N)CCN(CCN2CCOCC2)CC1. The summed E-state index contributed by atoms with van der Waals surface area (Å²) in [5.41, 5.74) is -0.0739. The predicted octanol–water partition coefficient (Wildman–Crippen LogP) is 0.944. The highest BCUT2D eigenvalue weighted by Gasteiger charge is 2.29. The maximum absolute atomic E-state index is 9.08. The van der Waals surface area contributed by atoms with E-state index in [1.165, 1.54) is 0 Å². The van der Waals surface area contributed by atoms with Gasteiger partial charge in [-0.1, -0.05) is 0 Å². The van der Waals surface area contributed by atoms with Crippen LogP contribution in [-0.2, 0) is 4.74 Å². The van der Waals surface area contributed by atoms with E-state index >= 15 is 0 Å². The third kappa shape index (κ3) is 3.67. The number of likely N-dealkylation sites (tertiary alicyclic amines) is 1. The first-order chi connectivity index (χ1) is 8.22. The van der Waals surface area contributed by atoms with Crippen LogP contribution in [0.4, 0.5) is 0 Å². The van der Waals surface area contributed by atoms with Crippen LogP contribution < -0.4 is 0 Å². The van der Waals surface area contributed by atoms with Gasteiger partial charge in [-0.2, -0.15) is 5.26 Å².